The topological polar surface area (TPSA) is 15.6 Å². The first-order valence-electron chi connectivity index (χ1n) is 5.07. The first-order chi connectivity index (χ1) is 7.40. The van der Waals surface area contributed by atoms with Crippen LogP contribution in [0.2, 0.25) is 0 Å². The Morgan fingerprint density at radius 2 is 2.13 bits per heavy atom. The number of thioether (sulfide) groups is 1. The summed E-state index contributed by atoms with van der Waals surface area (Å²) < 4.78 is 0. The number of anilines is 1. The van der Waals surface area contributed by atoms with Crippen LogP contribution < -0.4 is 4.90 Å². The van der Waals surface area contributed by atoms with Gasteiger partial charge in [-0.2, -0.15) is 0 Å². The van der Waals surface area contributed by atoms with Gasteiger partial charge in [-0.05, 0) is 24.0 Å². The number of nitrogens with zero attached hydrogens (tertiary/aromatic N) is 2. The molecule has 0 aliphatic carbocycles. The van der Waals surface area contributed by atoms with Crippen LogP contribution in [0.3, 0.4) is 0 Å². The highest BCUT2D eigenvalue weighted by molar-refractivity contribution is 8.14. The van der Waals surface area contributed by atoms with Gasteiger partial charge in [0.25, 0.3) is 0 Å². The average Bonchev–Trinajstić information content (AvgIpc) is 2.32. The second-order valence-corrected chi connectivity index (χ2v) is 4.48. The van der Waals surface area contributed by atoms with E-state index in [1.165, 1.54) is 5.69 Å². The molecule has 1 aliphatic rings. The Hall–Kier alpha value is -1.22. The lowest BCUT2D eigenvalue weighted by molar-refractivity contribution is 0.968. The van der Waals surface area contributed by atoms with Gasteiger partial charge >= 0.3 is 0 Å². The van der Waals surface area contributed by atoms with E-state index in [0.29, 0.717) is 0 Å². The molecule has 15 heavy (non-hydrogen) atoms. The van der Waals surface area contributed by atoms with Crippen molar-refractivity contribution in [1.82, 2.24) is 0 Å². The molecule has 1 aromatic rings. The summed E-state index contributed by atoms with van der Waals surface area (Å²) in [7, 11) is 0. The monoisotopic (exact) mass is 218 g/mol. The molecule has 0 aromatic heterocycles. The van der Waals surface area contributed by atoms with Gasteiger partial charge in [-0.1, -0.05) is 25.1 Å². The van der Waals surface area contributed by atoms with Crippen molar-refractivity contribution in [2.24, 2.45) is 4.99 Å². The van der Waals surface area contributed by atoms with Crippen LogP contribution in [0.1, 0.15) is 6.92 Å². The minimum Gasteiger partial charge on any atom is -0.328 e. The Balaban J connectivity index is 2.04. The van der Waals surface area contributed by atoms with Crippen molar-refractivity contribution in [2.75, 3.05) is 17.3 Å². The van der Waals surface area contributed by atoms with Crippen molar-refractivity contribution < 1.29 is 0 Å². The van der Waals surface area contributed by atoms with Gasteiger partial charge in [-0.15, -0.1) is 11.8 Å². The van der Waals surface area contributed by atoms with Gasteiger partial charge in [0, 0.05) is 11.9 Å². The van der Waals surface area contributed by atoms with Crippen LogP contribution in [0.25, 0.3) is 0 Å². The maximum absolute atomic E-state index is 4.50. The van der Waals surface area contributed by atoms with Crippen LogP contribution in [0, 0.1) is 0 Å². The molecular formula is C12H14N2S. The van der Waals surface area contributed by atoms with Gasteiger partial charge in [0.05, 0.1) is 5.04 Å². The Kier molecular flexibility index (Phi) is 3.45. The maximum Gasteiger partial charge on any atom is 0.115 e. The second kappa shape index (κ2) is 5.03. The van der Waals surface area contributed by atoms with Crippen molar-refractivity contribution in [3.8, 4) is 0 Å². The fraction of sp³-hybridized carbons (Fsp3) is 0.250. The average molecular weight is 218 g/mol. The van der Waals surface area contributed by atoms with E-state index in [1.54, 1.807) is 11.8 Å². The van der Waals surface area contributed by atoms with Gasteiger partial charge < -0.3 is 4.90 Å². The van der Waals surface area contributed by atoms with Crippen LogP contribution in [0.15, 0.2) is 47.6 Å². The zero-order chi connectivity index (χ0) is 10.5. The van der Waals surface area contributed by atoms with Gasteiger partial charge in [0.2, 0.25) is 0 Å². The number of aliphatic imine (C=N–C) groups is 1. The molecule has 0 atom stereocenters. The minimum absolute atomic E-state index is 0.725. The highest BCUT2D eigenvalue weighted by atomic mass is 32.2. The Morgan fingerprint density at radius 3 is 2.73 bits per heavy atom. The zero-order valence-corrected chi connectivity index (χ0v) is 9.57. The van der Waals surface area contributed by atoms with E-state index in [0.717, 1.165) is 17.5 Å². The normalized spacial score (nSPS) is 15.3. The van der Waals surface area contributed by atoms with E-state index < -0.39 is 0 Å². The summed E-state index contributed by atoms with van der Waals surface area (Å²) >= 11 is 1.79. The zero-order valence-electron chi connectivity index (χ0n) is 8.76. The lowest BCUT2D eigenvalue weighted by Gasteiger charge is -2.21. The predicted octanol–water partition coefficient (Wildman–Crippen LogP) is 3.13. The van der Waals surface area contributed by atoms with E-state index in [1.807, 2.05) is 18.2 Å². The molecule has 1 heterocycles. The molecule has 0 amide bonds. The number of benzene rings is 1. The second-order valence-electron chi connectivity index (χ2n) is 3.19. The SMILES string of the molecule is CCSC1=NCN(c2ccccc2)C=C1. The van der Waals surface area contributed by atoms with E-state index in [-0.39, 0.29) is 0 Å². The van der Waals surface area contributed by atoms with Crippen LogP contribution >= 0.6 is 11.8 Å². The first kappa shape index (κ1) is 10.3. The predicted molar refractivity (Wildman–Crippen MR) is 68.5 cm³/mol. The molecule has 0 saturated carbocycles. The van der Waals surface area contributed by atoms with E-state index >= 15 is 0 Å². The smallest absolute Gasteiger partial charge is 0.115 e. The number of hydrogen-bond acceptors (Lipinski definition) is 3. The quantitative estimate of drug-likeness (QED) is 0.758. The van der Waals surface area contributed by atoms with Crippen molar-refractivity contribution in [2.45, 2.75) is 6.92 Å². The van der Waals surface area contributed by atoms with Gasteiger partial charge in [-0.25, -0.2) is 0 Å². The lowest BCUT2D eigenvalue weighted by Crippen LogP contribution is -2.20. The third kappa shape index (κ3) is 2.63. The molecule has 3 heteroatoms. The molecule has 1 aromatic carbocycles. The Bertz CT molecular complexity index is 370. The van der Waals surface area contributed by atoms with Crippen molar-refractivity contribution >= 4 is 22.5 Å². The third-order valence-corrected chi connectivity index (χ3v) is 3.01. The molecule has 78 valence electrons. The Labute approximate surface area is 94.7 Å². The van der Waals surface area contributed by atoms with Gasteiger partial charge in [0.15, 0.2) is 0 Å². The van der Waals surface area contributed by atoms with Crippen molar-refractivity contribution in [1.29, 1.82) is 0 Å². The van der Waals surface area contributed by atoms with Crippen LogP contribution in [-0.2, 0) is 0 Å². The Morgan fingerprint density at radius 1 is 1.33 bits per heavy atom. The summed E-state index contributed by atoms with van der Waals surface area (Å²) in [5.74, 6) is 1.08. The molecule has 1 aliphatic heterocycles. The summed E-state index contributed by atoms with van der Waals surface area (Å²) in [5.41, 5.74) is 1.19. The molecule has 0 N–H and O–H groups in total. The van der Waals surface area contributed by atoms with Gasteiger partial charge in [-0.3, -0.25) is 4.99 Å². The highest BCUT2D eigenvalue weighted by Crippen LogP contribution is 2.17. The fourth-order valence-corrected chi connectivity index (χ4v) is 2.03. The van der Waals surface area contributed by atoms with Gasteiger partial charge in [0.1, 0.15) is 6.67 Å². The van der Waals surface area contributed by atoms with Crippen LogP contribution in [0.5, 0.6) is 0 Å². The van der Waals surface area contributed by atoms with Crippen molar-refractivity contribution in [3.63, 3.8) is 0 Å². The standard InChI is InChI=1S/C12H14N2S/c1-2-15-12-8-9-14(10-13-12)11-6-4-3-5-7-11/h3-9H,2,10H2,1H3. The molecule has 0 radical (unpaired) electrons. The number of para-hydroxylation sites is 1. The summed E-state index contributed by atoms with van der Waals surface area (Å²) in [6.45, 7) is 2.87. The van der Waals surface area contributed by atoms with Crippen LogP contribution in [-0.4, -0.2) is 17.5 Å². The summed E-state index contributed by atoms with van der Waals surface area (Å²) in [6, 6.07) is 10.3. The molecule has 2 rings (SSSR count). The maximum atomic E-state index is 4.50. The molecule has 0 fully saturated rings. The van der Waals surface area contributed by atoms with Crippen LogP contribution in [0.4, 0.5) is 5.69 Å². The molecule has 0 bridgehead atoms. The summed E-state index contributed by atoms with van der Waals surface area (Å²) in [5, 5.41) is 1.13. The fourth-order valence-electron chi connectivity index (χ4n) is 1.43. The van der Waals surface area contributed by atoms with E-state index in [4.69, 9.17) is 0 Å². The molecule has 0 unspecified atom stereocenters. The minimum atomic E-state index is 0.725. The third-order valence-electron chi connectivity index (χ3n) is 2.16. The van der Waals surface area contributed by atoms with E-state index in [9.17, 15) is 0 Å². The molecule has 2 nitrogen and oxygen atoms in total. The van der Waals surface area contributed by atoms with Crippen molar-refractivity contribution in [3.05, 3.63) is 42.6 Å². The van der Waals surface area contributed by atoms with E-state index in [2.05, 4.69) is 41.2 Å². The lowest BCUT2D eigenvalue weighted by atomic mass is 10.3. The number of rotatable bonds is 2. The summed E-state index contributed by atoms with van der Waals surface area (Å²) in [4.78, 5) is 6.63. The highest BCUT2D eigenvalue weighted by Gasteiger charge is 2.06. The number of hydrogen-bond donors (Lipinski definition) is 0. The summed E-state index contributed by atoms with van der Waals surface area (Å²) in [6.07, 6.45) is 4.17. The largest absolute Gasteiger partial charge is 0.328 e. The molecular weight excluding hydrogens is 204 g/mol. The first-order valence-corrected chi connectivity index (χ1v) is 6.06. The molecule has 0 spiro atoms. The molecule has 0 saturated heterocycles.